The van der Waals surface area contributed by atoms with Crippen LogP contribution in [0.1, 0.15) is 20.8 Å². The molecular formula is C14H18BrNO4S. The van der Waals surface area contributed by atoms with Gasteiger partial charge in [0.15, 0.2) is 9.84 Å². The van der Waals surface area contributed by atoms with Crippen molar-refractivity contribution in [2.24, 2.45) is 0 Å². The first kappa shape index (κ1) is 16.3. The van der Waals surface area contributed by atoms with Crippen LogP contribution in [-0.4, -0.2) is 43.4 Å². The lowest BCUT2D eigenvalue weighted by atomic mass is 10.2. The van der Waals surface area contributed by atoms with Crippen molar-refractivity contribution in [2.75, 3.05) is 13.1 Å². The molecule has 0 radical (unpaired) electrons. The number of likely N-dealkylation sites (tertiary alicyclic amines) is 1. The van der Waals surface area contributed by atoms with Crippen LogP contribution < -0.4 is 0 Å². The minimum absolute atomic E-state index is 0.170. The van der Waals surface area contributed by atoms with Gasteiger partial charge in [0.2, 0.25) is 0 Å². The van der Waals surface area contributed by atoms with E-state index in [1.807, 2.05) is 0 Å². The molecule has 0 unspecified atom stereocenters. The van der Waals surface area contributed by atoms with Gasteiger partial charge in [0.1, 0.15) is 10.9 Å². The molecule has 1 aliphatic rings. The molecule has 1 aromatic carbocycles. The van der Waals surface area contributed by atoms with Crippen LogP contribution in [0.3, 0.4) is 0 Å². The average Bonchev–Trinajstić information content (AvgIpc) is 2.23. The monoisotopic (exact) mass is 375 g/mol. The van der Waals surface area contributed by atoms with E-state index < -0.39 is 26.8 Å². The number of carbonyl (C=O) groups is 1. The molecule has 1 heterocycles. The molecule has 0 aromatic heterocycles. The smallest absolute Gasteiger partial charge is 0.410 e. The molecule has 21 heavy (non-hydrogen) atoms. The van der Waals surface area contributed by atoms with Gasteiger partial charge in [-0.05, 0) is 39.0 Å². The molecule has 116 valence electrons. The fraction of sp³-hybridized carbons (Fsp3) is 0.500. The Bertz CT molecular complexity index is 645. The first-order valence-electron chi connectivity index (χ1n) is 6.57. The molecule has 0 saturated carbocycles. The average molecular weight is 376 g/mol. The van der Waals surface area contributed by atoms with E-state index >= 15 is 0 Å². The van der Waals surface area contributed by atoms with Gasteiger partial charge in [0.05, 0.1) is 4.90 Å². The third-order valence-electron chi connectivity index (χ3n) is 3.06. The number of nitrogens with zero attached hydrogens (tertiary/aromatic N) is 1. The van der Waals surface area contributed by atoms with Gasteiger partial charge in [-0.15, -0.1) is 0 Å². The van der Waals surface area contributed by atoms with Crippen molar-refractivity contribution >= 4 is 31.9 Å². The van der Waals surface area contributed by atoms with Crippen LogP contribution in [0.5, 0.6) is 0 Å². The van der Waals surface area contributed by atoms with E-state index in [2.05, 4.69) is 15.9 Å². The van der Waals surface area contributed by atoms with Gasteiger partial charge in [-0.25, -0.2) is 13.2 Å². The van der Waals surface area contributed by atoms with Crippen LogP contribution in [-0.2, 0) is 14.6 Å². The van der Waals surface area contributed by atoms with Crippen LogP contribution in [0.15, 0.2) is 33.6 Å². The van der Waals surface area contributed by atoms with Crippen molar-refractivity contribution in [1.29, 1.82) is 0 Å². The Morgan fingerprint density at radius 1 is 1.33 bits per heavy atom. The number of amides is 1. The highest BCUT2D eigenvalue weighted by atomic mass is 79.9. The van der Waals surface area contributed by atoms with Crippen molar-refractivity contribution in [2.45, 2.75) is 36.5 Å². The van der Waals surface area contributed by atoms with Gasteiger partial charge < -0.3 is 9.64 Å². The molecule has 1 aromatic rings. The number of halogens is 1. The number of hydrogen-bond donors (Lipinski definition) is 0. The van der Waals surface area contributed by atoms with Crippen LogP contribution in [0, 0.1) is 0 Å². The second-order valence-corrected chi connectivity index (χ2v) is 9.15. The molecule has 7 heteroatoms. The van der Waals surface area contributed by atoms with E-state index in [1.165, 1.54) is 4.90 Å². The molecule has 0 N–H and O–H groups in total. The zero-order valence-electron chi connectivity index (χ0n) is 12.2. The standard InChI is InChI=1S/C14H18BrNO4S/c1-14(2,3)20-13(17)16-8-12(9-16)21(18,19)11-6-4-5-10(15)7-11/h4-7,12H,8-9H2,1-3H3. The van der Waals surface area contributed by atoms with Crippen LogP contribution in [0.4, 0.5) is 4.79 Å². The highest BCUT2D eigenvalue weighted by Gasteiger charge is 2.42. The van der Waals surface area contributed by atoms with E-state index in [-0.39, 0.29) is 18.0 Å². The van der Waals surface area contributed by atoms with Crippen molar-refractivity contribution in [3.8, 4) is 0 Å². The maximum atomic E-state index is 12.4. The quantitative estimate of drug-likeness (QED) is 0.796. The number of ether oxygens (including phenoxy) is 1. The molecule has 1 aliphatic heterocycles. The van der Waals surface area contributed by atoms with E-state index in [0.717, 1.165) is 0 Å². The highest BCUT2D eigenvalue weighted by Crippen LogP contribution is 2.26. The normalized spacial score (nSPS) is 16.5. The molecule has 0 atom stereocenters. The summed E-state index contributed by atoms with van der Waals surface area (Å²) in [5.41, 5.74) is -0.578. The summed E-state index contributed by atoms with van der Waals surface area (Å²) in [4.78, 5) is 13.5. The molecular weight excluding hydrogens is 358 g/mol. The predicted octanol–water partition coefficient (Wildman–Crippen LogP) is 2.84. The van der Waals surface area contributed by atoms with Gasteiger partial charge in [-0.2, -0.15) is 0 Å². The van der Waals surface area contributed by atoms with E-state index in [9.17, 15) is 13.2 Å². The Morgan fingerprint density at radius 2 is 1.95 bits per heavy atom. The minimum atomic E-state index is -3.41. The largest absolute Gasteiger partial charge is 0.444 e. The van der Waals surface area contributed by atoms with Gasteiger partial charge in [0.25, 0.3) is 0 Å². The summed E-state index contributed by atoms with van der Waals surface area (Å²) in [6.07, 6.45) is -0.469. The summed E-state index contributed by atoms with van der Waals surface area (Å²) in [5.74, 6) is 0. The molecule has 1 amide bonds. The molecule has 0 aliphatic carbocycles. The summed E-state index contributed by atoms with van der Waals surface area (Å²) in [6.45, 7) is 5.68. The SMILES string of the molecule is CC(C)(C)OC(=O)N1CC(S(=O)(=O)c2cccc(Br)c2)C1. The summed E-state index contributed by atoms with van der Waals surface area (Å²) in [6, 6.07) is 6.59. The third-order valence-corrected chi connectivity index (χ3v) is 5.64. The second kappa shape index (κ2) is 5.61. The number of sulfone groups is 1. The lowest BCUT2D eigenvalue weighted by Gasteiger charge is -2.39. The lowest BCUT2D eigenvalue weighted by molar-refractivity contribution is 0.0139. The van der Waals surface area contributed by atoms with E-state index in [0.29, 0.717) is 4.47 Å². The minimum Gasteiger partial charge on any atom is -0.444 e. The Morgan fingerprint density at radius 3 is 2.48 bits per heavy atom. The molecule has 0 spiro atoms. The van der Waals surface area contributed by atoms with E-state index in [4.69, 9.17) is 4.74 Å². The fourth-order valence-electron chi connectivity index (χ4n) is 1.95. The maximum Gasteiger partial charge on any atom is 0.410 e. The van der Waals surface area contributed by atoms with Crippen molar-refractivity contribution in [3.63, 3.8) is 0 Å². The highest BCUT2D eigenvalue weighted by molar-refractivity contribution is 9.10. The number of rotatable bonds is 2. The van der Waals surface area contributed by atoms with Gasteiger partial charge in [-0.3, -0.25) is 0 Å². The zero-order chi connectivity index (χ0) is 15.8. The Labute approximate surface area is 133 Å². The molecule has 0 bridgehead atoms. The first-order valence-corrected chi connectivity index (χ1v) is 8.91. The summed E-state index contributed by atoms with van der Waals surface area (Å²) in [7, 11) is -3.41. The number of hydrogen-bond acceptors (Lipinski definition) is 4. The third kappa shape index (κ3) is 3.77. The topological polar surface area (TPSA) is 63.7 Å². The van der Waals surface area contributed by atoms with Crippen LogP contribution >= 0.6 is 15.9 Å². The Kier molecular flexibility index (Phi) is 4.35. The predicted molar refractivity (Wildman–Crippen MR) is 82.9 cm³/mol. The summed E-state index contributed by atoms with van der Waals surface area (Å²) in [5, 5.41) is -0.570. The fourth-order valence-corrected chi connectivity index (χ4v) is 4.19. The van der Waals surface area contributed by atoms with Crippen LogP contribution in [0.25, 0.3) is 0 Å². The summed E-state index contributed by atoms with van der Waals surface area (Å²) >= 11 is 3.26. The van der Waals surface area contributed by atoms with Crippen molar-refractivity contribution < 1.29 is 17.9 Å². The molecule has 1 saturated heterocycles. The van der Waals surface area contributed by atoms with Crippen molar-refractivity contribution in [1.82, 2.24) is 4.90 Å². The maximum absolute atomic E-state index is 12.4. The van der Waals surface area contributed by atoms with Gasteiger partial charge in [-0.1, -0.05) is 22.0 Å². The lowest BCUT2D eigenvalue weighted by Crippen LogP contribution is -2.57. The Balaban J connectivity index is 2.02. The van der Waals surface area contributed by atoms with Crippen LogP contribution in [0.2, 0.25) is 0 Å². The van der Waals surface area contributed by atoms with E-state index in [1.54, 1.807) is 45.0 Å². The zero-order valence-corrected chi connectivity index (χ0v) is 14.6. The second-order valence-electron chi connectivity index (χ2n) is 6.01. The summed E-state index contributed by atoms with van der Waals surface area (Å²) < 4.78 is 30.8. The van der Waals surface area contributed by atoms with Gasteiger partial charge >= 0.3 is 6.09 Å². The number of benzene rings is 1. The molecule has 2 rings (SSSR count). The molecule has 1 fully saturated rings. The number of carbonyl (C=O) groups excluding carboxylic acids is 1. The first-order chi connectivity index (χ1) is 9.59. The Hall–Kier alpha value is -1.08. The van der Waals surface area contributed by atoms with Gasteiger partial charge in [0, 0.05) is 17.6 Å². The van der Waals surface area contributed by atoms with Crippen molar-refractivity contribution in [3.05, 3.63) is 28.7 Å². The molecule has 5 nitrogen and oxygen atoms in total.